The van der Waals surface area contributed by atoms with Gasteiger partial charge in [-0.15, -0.1) is 0 Å². The van der Waals surface area contributed by atoms with Crippen molar-refractivity contribution in [3.8, 4) is 11.1 Å². The number of hydrogen-bond acceptors (Lipinski definition) is 8. The molecule has 3 aliphatic heterocycles. The molecule has 4 aliphatic rings. The first-order valence-corrected chi connectivity index (χ1v) is 19.9. The lowest BCUT2D eigenvalue weighted by atomic mass is 9.97. The first-order valence-electron chi connectivity index (χ1n) is 19.5. The Balaban J connectivity index is 0.959. The van der Waals surface area contributed by atoms with Crippen LogP contribution in [0.3, 0.4) is 0 Å². The largest absolute Gasteiger partial charge is 0.480 e. The molecule has 286 valence electrons. The monoisotopic (exact) mass is 762 g/mol. The van der Waals surface area contributed by atoms with Crippen LogP contribution in [0.4, 0.5) is 11.4 Å². The molecule has 1 atom stereocenters. The molecule has 11 nitrogen and oxygen atoms in total. The fraction of sp³-hybridized carbons (Fsp3) is 0.419. The van der Waals surface area contributed by atoms with Gasteiger partial charge in [-0.2, -0.15) is 0 Å². The van der Waals surface area contributed by atoms with E-state index in [0.717, 1.165) is 117 Å². The Bertz CT molecular complexity index is 2120. The van der Waals surface area contributed by atoms with Gasteiger partial charge in [0.05, 0.1) is 10.7 Å². The van der Waals surface area contributed by atoms with Gasteiger partial charge < -0.3 is 20.5 Å². The van der Waals surface area contributed by atoms with Crippen LogP contribution in [0.2, 0.25) is 5.02 Å². The predicted octanol–water partition coefficient (Wildman–Crippen LogP) is 7.46. The Morgan fingerprint density at radius 3 is 2.33 bits per heavy atom. The van der Waals surface area contributed by atoms with Crippen LogP contribution in [0, 0.1) is 6.92 Å². The Kier molecular flexibility index (Phi) is 11.0. The summed E-state index contributed by atoms with van der Waals surface area (Å²) in [4.78, 5) is 52.7. The molecular weight excluding hydrogens is 716 g/mol. The number of fused-ring (bicyclic) bond motifs is 1. The highest BCUT2D eigenvalue weighted by Crippen LogP contribution is 2.43. The van der Waals surface area contributed by atoms with E-state index in [1.807, 2.05) is 60.5 Å². The zero-order valence-electron chi connectivity index (χ0n) is 31.2. The van der Waals surface area contributed by atoms with Gasteiger partial charge in [-0.1, -0.05) is 42.3 Å². The molecule has 0 bridgehead atoms. The minimum atomic E-state index is -0.785. The van der Waals surface area contributed by atoms with E-state index >= 15 is 0 Å². The van der Waals surface area contributed by atoms with Gasteiger partial charge in [-0.25, -0.2) is 0 Å². The van der Waals surface area contributed by atoms with Crippen LogP contribution < -0.4 is 10.6 Å². The summed E-state index contributed by atoms with van der Waals surface area (Å²) in [6.45, 7) is 6.59. The number of benzene rings is 2. The number of carbonyl (C=O) groups excluding carboxylic acids is 2. The quantitative estimate of drug-likeness (QED) is 0.150. The Hall–Kier alpha value is -4.68. The van der Waals surface area contributed by atoms with Crippen molar-refractivity contribution in [2.45, 2.75) is 89.4 Å². The van der Waals surface area contributed by atoms with Crippen LogP contribution in [0.1, 0.15) is 99.7 Å². The average molecular weight is 763 g/mol. The number of carboxylic acid groups (broad SMARTS) is 1. The van der Waals surface area contributed by atoms with Crippen molar-refractivity contribution in [2.24, 2.45) is 0 Å². The number of piperidine rings is 1. The number of amides is 2. The molecular formula is C43H47ClN6O5. The number of carboxylic acids is 1. The second-order valence-electron chi connectivity index (χ2n) is 15.3. The van der Waals surface area contributed by atoms with E-state index in [-0.39, 0.29) is 11.8 Å². The van der Waals surface area contributed by atoms with Crippen molar-refractivity contribution in [3.05, 3.63) is 105 Å². The van der Waals surface area contributed by atoms with E-state index in [0.29, 0.717) is 52.7 Å². The number of nitrogens with one attached hydrogen (secondary N) is 2. The smallest absolute Gasteiger partial charge is 0.320 e. The van der Waals surface area contributed by atoms with Crippen molar-refractivity contribution >= 4 is 40.8 Å². The molecule has 2 saturated heterocycles. The van der Waals surface area contributed by atoms with Gasteiger partial charge in [0.2, 0.25) is 0 Å². The first kappa shape index (κ1) is 37.3. The van der Waals surface area contributed by atoms with Crippen LogP contribution in [0.25, 0.3) is 11.1 Å². The highest BCUT2D eigenvalue weighted by atomic mass is 35.5. The molecule has 0 spiro atoms. The molecule has 55 heavy (non-hydrogen) atoms. The topological polar surface area (TPSA) is 137 Å². The summed E-state index contributed by atoms with van der Waals surface area (Å²) in [7, 11) is 0. The number of halogens is 1. The molecule has 3 fully saturated rings. The third-order valence-corrected chi connectivity index (χ3v) is 12.1. The number of hydrogen-bond donors (Lipinski definition) is 3. The predicted molar refractivity (Wildman–Crippen MR) is 212 cm³/mol. The maximum absolute atomic E-state index is 13.7. The van der Waals surface area contributed by atoms with Gasteiger partial charge in [0.25, 0.3) is 11.8 Å². The van der Waals surface area contributed by atoms with Crippen molar-refractivity contribution < 1.29 is 24.2 Å². The Morgan fingerprint density at radius 1 is 0.855 bits per heavy atom. The maximum Gasteiger partial charge on any atom is 0.320 e. The van der Waals surface area contributed by atoms with Gasteiger partial charge in [-0.3, -0.25) is 34.2 Å². The summed E-state index contributed by atoms with van der Waals surface area (Å²) in [6, 6.07) is 15.0. The molecule has 2 aromatic carbocycles. The molecule has 8 rings (SSSR count). The Labute approximate surface area is 326 Å². The van der Waals surface area contributed by atoms with Gasteiger partial charge in [-0.05, 0) is 122 Å². The molecule has 2 aromatic heterocycles. The molecule has 0 unspecified atom stereocenters. The highest BCUT2D eigenvalue weighted by molar-refractivity contribution is 6.36. The number of pyridine rings is 2. The molecule has 1 aliphatic carbocycles. The van der Waals surface area contributed by atoms with Gasteiger partial charge in [0.15, 0.2) is 0 Å². The van der Waals surface area contributed by atoms with E-state index in [1.54, 1.807) is 12.3 Å². The van der Waals surface area contributed by atoms with E-state index in [9.17, 15) is 19.5 Å². The van der Waals surface area contributed by atoms with Crippen molar-refractivity contribution in [1.82, 2.24) is 19.8 Å². The summed E-state index contributed by atoms with van der Waals surface area (Å²) in [5, 5.41) is 16.2. The minimum absolute atomic E-state index is 0.319. The molecule has 0 radical (unpaired) electrons. The summed E-state index contributed by atoms with van der Waals surface area (Å²) >= 11 is 6.99. The number of nitrogens with zero attached hydrogens (tertiary/aromatic N) is 4. The lowest BCUT2D eigenvalue weighted by molar-refractivity contribution is -0.144. The second-order valence-corrected chi connectivity index (χ2v) is 15.7. The maximum atomic E-state index is 13.7. The molecule has 4 aromatic rings. The summed E-state index contributed by atoms with van der Waals surface area (Å²) in [6.07, 6.45) is 11.2. The van der Waals surface area contributed by atoms with Crippen molar-refractivity contribution in [3.63, 3.8) is 0 Å². The number of aromatic nitrogens is 2. The molecule has 5 heterocycles. The highest BCUT2D eigenvalue weighted by Gasteiger charge is 2.32. The second kappa shape index (κ2) is 16.2. The zero-order valence-corrected chi connectivity index (χ0v) is 31.9. The van der Waals surface area contributed by atoms with E-state index in [1.165, 1.54) is 0 Å². The number of ether oxygens (including phenoxy) is 1. The number of likely N-dealkylation sites (tertiary alicyclic amines) is 1. The van der Waals surface area contributed by atoms with E-state index in [2.05, 4.69) is 25.5 Å². The zero-order chi connectivity index (χ0) is 38.1. The lowest BCUT2D eigenvalue weighted by Crippen LogP contribution is -2.44. The average Bonchev–Trinajstić information content (AvgIpc) is 4.06. The number of carbonyl (C=O) groups is 3. The van der Waals surface area contributed by atoms with Crippen LogP contribution in [-0.4, -0.2) is 81.0 Å². The van der Waals surface area contributed by atoms with Crippen LogP contribution in [0.5, 0.6) is 0 Å². The van der Waals surface area contributed by atoms with Crippen LogP contribution in [0.15, 0.2) is 60.9 Å². The normalized spacial score (nSPS) is 19.4. The molecule has 3 N–H and O–H groups in total. The third kappa shape index (κ3) is 8.16. The molecule has 12 heteroatoms. The standard InChI is InChI=1S/C43H47ClN6O5/c1-26-32(6-4-8-35(26)47-42(52)38-21-34(27-11-12-27)30(23-46-38)25-50-16-3-2-10-39(50)43(53)54)33-7-5-9-36(40(33)44)48-41(51)37-20-28-13-17-49(24-29(28)22-45-37)31-14-18-55-19-15-31/h4-9,20-23,27,31,39H,2-3,10-19,24-25H2,1H3,(H,47,52)(H,48,51)(H,53,54)/t39-/m0/s1. The third-order valence-electron chi connectivity index (χ3n) is 11.7. The summed E-state index contributed by atoms with van der Waals surface area (Å²) < 4.78 is 5.55. The van der Waals surface area contributed by atoms with Crippen molar-refractivity contribution in [2.75, 3.05) is 36.9 Å². The number of aliphatic carboxylic acids is 1. The fourth-order valence-electron chi connectivity index (χ4n) is 8.43. The fourth-order valence-corrected chi connectivity index (χ4v) is 8.70. The van der Waals surface area contributed by atoms with E-state index in [4.69, 9.17) is 16.3 Å². The van der Waals surface area contributed by atoms with E-state index < -0.39 is 12.0 Å². The van der Waals surface area contributed by atoms with Gasteiger partial charge in [0, 0.05) is 62.5 Å². The first-order chi connectivity index (χ1) is 26.7. The molecule has 2 amide bonds. The SMILES string of the molecule is Cc1c(NC(=O)c2cc(C3CC3)c(CN3CCCC[C@H]3C(=O)O)cn2)cccc1-c1cccc(NC(=O)c2cc3c(cn2)CN(C2CCOCC2)CC3)c1Cl. The van der Waals surface area contributed by atoms with Crippen LogP contribution in [-0.2, 0) is 29.0 Å². The van der Waals surface area contributed by atoms with Gasteiger partial charge in [0.1, 0.15) is 17.4 Å². The summed E-state index contributed by atoms with van der Waals surface area (Å²) in [5.41, 5.74) is 8.50. The van der Waals surface area contributed by atoms with Crippen molar-refractivity contribution in [1.29, 1.82) is 0 Å². The molecule has 1 saturated carbocycles. The minimum Gasteiger partial charge on any atom is -0.480 e. The van der Waals surface area contributed by atoms with Gasteiger partial charge >= 0.3 is 5.97 Å². The summed E-state index contributed by atoms with van der Waals surface area (Å²) in [5.74, 6) is -1.08. The number of anilines is 2. The lowest BCUT2D eigenvalue weighted by Gasteiger charge is -2.37. The Morgan fingerprint density at radius 2 is 1.56 bits per heavy atom. The van der Waals surface area contributed by atoms with Crippen LogP contribution >= 0.6 is 11.6 Å². The number of rotatable bonds is 10.